The maximum atomic E-state index is 13.5. The fourth-order valence-electron chi connectivity index (χ4n) is 6.93. The zero-order chi connectivity index (χ0) is 36.5. The second kappa shape index (κ2) is 17.7. The second-order valence-electron chi connectivity index (χ2n) is 13.7. The van der Waals surface area contributed by atoms with E-state index in [0.717, 1.165) is 59.3 Å². The van der Waals surface area contributed by atoms with Gasteiger partial charge in [0.05, 0.1) is 30.3 Å². The summed E-state index contributed by atoms with van der Waals surface area (Å²) in [5, 5.41) is 12.5. The summed E-state index contributed by atoms with van der Waals surface area (Å²) >= 11 is 0. The maximum absolute atomic E-state index is 13.5. The summed E-state index contributed by atoms with van der Waals surface area (Å²) in [6.45, 7) is 4.57. The minimum Gasteiger partial charge on any atom is -0.392 e. The number of rotatable bonds is 15. The molecule has 0 aliphatic carbocycles. The number of aryl methyl sites for hydroxylation is 1. The van der Waals surface area contributed by atoms with Crippen LogP contribution >= 0.6 is 0 Å². The van der Waals surface area contributed by atoms with Gasteiger partial charge in [0.1, 0.15) is 6.04 Å². The normalized spacial score (nSPS) is 21.5. The first kappa shape index (κ1) is 37.8. The number of hydrogen-bond donors (Lipinski definition) is 3. The number of aliphatic hydroxyl groups excluding tert-OH is 1. The van der Waals surface area contributed by atoms with Crippen LogP contribution in [0.4, 0.5) is 0 Å². The quantitative estimate of drug-likeness (QED) is 0.150. The summed E-state index contributed by atoms with van der Waals surface area (Å²) in [5.41, 5.74) is 5.37. The van der Waals surface area contributed by atoms with E-state index in [4.69, 9.17) is 14.2 Å². The summed E-state index contributed by atoms with van der Waals surface area (Å²) in [4.78, 5) is 16.1. The molecule has 2 aliphatic heterocycles. The number of nitrogens with zero attached hydrogens (tertiary/aromatic N) is 1. The van der Waals surface area contributed by atoms with E-state index in [1.165, 1.54) is 12.1 Å². The van der Waals surface area contributed by atoms with Gasteiger partial charge in [-0.05, 0) is 67.1 Å². The van der Waals surface area contributed by atoms with Gasteiger partial charge in [-0.15, -0.1) is 0 Å². The molecule has 4 aromatic rings. The number of carbonyl (C=O) groups is 1. The fraction of sp³-hybridized carbons (Fsp3) is 0.390. The molecule has 2 heterocycles. The highest BCUT2D eigenvalue weighted by atomic mass is 32.2. The Morgan fingerprint density at radius 3 is 2.29 bits per heavy atom. The Morgan fingerprint density at radius 2 is 1.60 bits per heavy atom. The number of hydrogen-bond acceptors (Lipinski definition) is 8. The molecule has 2 aliphatic rings. The Morgan fingerprint density at radius 1 is 0.904 bits per heavy atom. The lowest BCUT2D eigenvalue weighted by Crippen LogP contribution is -2.47. The highest BCUT2D eigenvalue weighted by Crippen LogP contribution is 2.38. The van der Waals surface area contributed by atoms with Crippen LogP contribution in [0.1, 0.15) is 65.0 Å². The zero-order valence-corrected chi connectivity index (χ0v) is 30.6. The van der Waals surface area contributed by atoms with Gasteiger partial charge in [0.15, 0.2) is 6.29 Å². The van der Waals surface area contributed by atoms with E-state index in [0.29, 0.717) is 19.1 Å². The van der Waals surface area contributed by atoms with E-state index in [1.54, 1.807) is 19.2 Å². The van der Waals surface area contributed by atoms with Crippen LogP contribution in [-0.2, 0) is 48.6 Å². The lowest BCUT2D eigenvalue weighted by atomic mass is 9.99. The highest BCUT2D eigenvalue weighted by Gasteiger charge is 2.35. The van der Waals surface area contributed by atoms with Crippen LogP contribution in [0.3, 0.4) is 0 Å². The lowest BCUT2D eigenvalue weighted by Gasteiger charge is -2.38. The summed E-state index contributed by atoms with van der Waals surface area (Å²) in [6.07, 6.45) is 2.29. The van der Waals surface area contributed by atoms with E-state index in [-0.39, 0.29) is 36.7 Å². The maximum Gasteiger partial charge on any atom is 0.241 e. The summed E-state index contributed by atoms with van der Waals surface area (Å²) < 4.78 is 47.8. The van der Waals surface area contributed by atoms with Crippen molar-refractivity contribution in [2.24, 2.45) is 0 Å². The topological polar surface area (TPSA) is 126 Å². The number of methoxy groups -OCH3 is 1. The molecule has 2 fully saturated rings. The fourth-order valence-corrected chi connectivity index (χ4v) is 8.12. The van der Waals surface area contributed by atoms with Crippen molar-refractivity contribution in [3.63, 3.8) is 0 Å². The van der Waals surface area contributed by atoms with Crippen molar-refractivity contribution in [3.05, 3.63) is 137 Å². The van der Waals surface area contributed by atoms with Crippen LogP contribution in [-0.4, -0.2) is 69.3 Å². The number of ether oxygens (including phenoxy) is 3. The van der Waals surface area contributed by atoms with Gasteiger partial charge in [-0.3, -0.25) is 9.69 Å². The number of aliphatic hydroxyl groups is 1. The van der Waals surface area contributed by atoms with E-state index < -0.39 is 28.3 Å². The number of carbonyl (C=O) groups excluding carboxylic acids is 1. The van der Waals surface area contributed by atoms with Gasteiger partial charge in [0.2, 0.25) is 15.9 Å². The number of nitrogens with one attached hydrogen (secondary N) is 2. The molecule has 5 atom stereocenters. The van der Waals surface area contributed by atoms with Crippen LogP contribution in [0, 0.1) is 6.92 Å². The molecule has 4 aromatic carbocycles. The highest BCUT2D eigenvalue weighted by molar-refractivity contribution is 7.89. The van der Waals surface area contributed by atoms with Crippen molar-refractivity contribution in [1.82, 2.24) is 14.9 Å². The molecule has 0 saturated carbocycles. The van der Waals surface area contributed by atoms with Crippen molar-refractivity contribution in [2.75, 3.05) is 26.8 Å². The molecule has 11 heteroatoms. The summed E-state index contributed by atoms with van der Waals surface area (Å²) in [7, 11) is -2.20. The van der Waals surface area contributed by atoms with Gasteiger partial charge >= 0.3 is 0 Å². The Kier molecular flexibility index (Phi) is 12.9. The lowest BCUT2D eigenvalue weighted by molar-refractivity contribution is -0.253. The molecular weight excluding hydrogens is 679 g/mol. The number of benzene rings is 4. The molecule has 10 nitrogen and oxygen atoms in total. The second-order valence-corrected chi connectivity index (χ2v) is 15.4. The van der Waals surface area contributed by atoms with Crippen LogP contribution < -0.4 is 10.0 Å². The van der Waals surface area contributed by atoms with Gasteiger partial charge in [0, 0.05) is 38.2 Å². The average Bonchev–Trinajstić information content (AvgIpc) is 3.60. The molecule has 3 N–H and O–H groups in total. The van der Waals surface area contributed by atoms with Crippen LogP contribution in [0.25, 0.3) is 0 Å². The Hall–Kier alpha value is -3.94. The molecule has 276 valence electrons. The minimum atomic E-state index is -3.95. The molecule has 0 unspecified atom stereocenters. The van der Waals surface area contributed by atoms with Gasteiger partial charge in [0.25, 0.3) is 0 Å². The Bertz CT molecular complexity index is 1840. The molecule has 6 rings (SSSR count). The zero-order valence-electron chi connectivity index (χ0n) is 29.8. The first-order valence-corrected chi connectivity index (χ1v) is 19.4. The van der Waals surface area contributed by atoms with Gasteiger partial charge in [-0.1, -0.05) is 96.6 Å². The first-order valence-electron chi connectivity index (χ1n) is 17.9. The molecule has 0 bridgehead atoms. The smallest absolute Gasteiger partial charge is 0.241 e. The van der Waals surface area contributed by atoms with E-state index >= 15 is 0 Å². The van der Waals surface area contributed by atoms with E-state index in [9.17, 15) is 18.3 Å². The van der Waals surface area contributed by atoms with Gasteiger partial charge in [-0.2, -0.15) is 4.72 Å². The number of likely N-dealkylation sites (tertiary alicyclic amines) is 1. The third-order valence-corrected chi connectivity index (χ3v) is 11.3. The van der Waals surface area contributed by atoms with Crippen molar-refractivity contribution >= 4 is 15.9 Å². The van der Waals surface area contributed by atoms with Gasteiger partial charge < -0.3 is 24.6 Å². The third kappa shape index (κ3) is 9.93. The summed E-state index contributed by atoms with van der Waals surface area (Å²) in [5.74, 6) is -0.422. The standard InChI is InChI=1S/C41H49N3O7S/c1-29-10-20-37(21-11-29)52(47,48)43-38(23-30-7-4-3-5-8-30)40(46)42-25-31-12-18-34(19-13-31)41-50-36(26-44-22-6-9-35(44)28-49-2)24-39(51-41)33-16-14-32(27-45)15-17-33/h3-5,7-8,10-21,35-36,38-39,41,43,45H,6,9,22-28H2,1-2H3,(H,42,46)/t35-,36+,38+,39-,41-/m0/s1. The predicted molar refractivity (Wildman–Crippen MR) is 199 cm³/mol. The molecular formula is C41H49N3O7S. The number of amides is 1. The Labute approximate surface area is 307 Å². The molecule has 0 aromatic heterocycles. The molecule has 2 saturated heterocycles. The van der Waals surface area contributed by atoms with Crippen LogP contribution in [0.15, 0.2) is 108 Å². The van der Waals surface area contributed by atoms with Crippen LogP contribution in [0.2, 0.25) is 0 Å². The third-order valence-electron chi connectivity index (χ3n) is 9.86. The van der Waals surface area contributed by atoms with Crippen molar-refractivity contribution in [3.8, 4) is 0 Å². The molecule has 1 amide bonds. The molecule has 52 heavy (non-hydrogen) atoms. The molecule has 0 spiro atoms. The average molecular weight is 728 g/mol. The minimum absolute atomic E-state index is 0.0143. The Balaban J connectivity index is 1.14. The largest absolute Gasteiger partial charge is 0.392 e. The SMILES string of the molecule is COC[C@@H]1CCCN1C[C@H]1C[C@@H](c2ccc(CO)cc2)O[C@@H](c2ccc(CNC(=O)[C@@H](Cc3ccccc3)NS(=O)(=O)c3ccc(C)cc3)cc2)O1. The van der Waals surface area contributed by atoms with E-state index in [1.807, 2.05) is 85.8 Å². The molecule has 0 radical (unpaired) electrons. The van der Waals surface area contributed by atoms with Crippen molar-refractivity contribution in [1.29, 1.82) is 0 Å². The van der Waals surface area contributed by atoms with Crippen LogP contribution in [0.5, 0.6) is 0 Å². The first-order chi connectivity index (χ1) is 25.2. The predicted octanol–water partition coefficient (Wildman–Crippen LogP) is 5.35. The monoisotopic (exact) mass is 727 g/mol. The van der Waals surface area contributed by atoms with E-state index in [2.05, 4.69) is 14.9 Å². The number of sulfonamides is 1. The summed E-state index contributed by atoms with van der Waals surface area (Å²) in [6, 6.07) is 30.9. The van der Waals surface area contributed by atoms with Gasteiger partial charge in [-0.25, -0.2) is 8.42 Å². The van der Waals surface area contributed by atoms with Crippen molar-refractivity contribution in [2.45, 2.75) is 81.2 Å². The van der Waals surface area contributed by atoms with Crippen molar-refractivity contribution < 1.29 is 32.5 Å².